The number of hydrogen-bond donors (Lipinski definition) is 0. The number of terminal acetylenes is 2. The van der Waals surface area contributed by atoms with Crippen molar-refractivity contribution in [1.29, 1.82) is 0 Å². The number of halogens is 2. The van der Waals surface area contributed by atoms with E-state index in [9.17, 15) is 8.63 Å². The van der Waals surface area contributed by atoms with Crippen molar-refractivity contribution >= 4 is 50.8 Å². The topological polar surface area (TPSA) is 0 Å². The molecule has 38 heavy (non-hydrogen) atoms. The Morgan fingerprint density at radius 2 is 0.974 bits per heavy atom. The highest BCUT2D eigenvalue weighted by Crippen LogP contribution is 2.36. The Morgan fingerprint density at radius 1 is 0.605 bits per heavy atom. The van der Waals surface area contributed by atoms with Crippen LogP contribution in [0, 0.1) is 36.5 Å². The van der Waals surface area contributed by atoms with Crippen LogP contribution in [0.15, 0.2) is 0 Å². The summed E-state index contributed by atoms with van der Waals surface area (Å²) in [6.45, 7) is 0. The first-order chi connectivity index (χ1) is 18.5. The van der Waals surface area contributed by atoms with E-state index in [-0.39, 0.29) is 0 Å². The van der Waals surface area contributed by atoms with Crippen molar-refractivity contribution in [1.82, 2.24) is 0 Å². The van der Waals surface area contributed by atoms with Crippen molar-refractivity contribution in [3.8, 4) is 24.7 Å². The molecule has 2 radical (unpaired) electrons. The highest BCUT2D eigenvalue weighted by atomic mass is 31.1. The lowest BCUT2D eigenvalue weighted by Gasteiger charge is -2.13. The van der Waals surface area contributed by atoms with Gasteiger partial charge in [0, 0.05) is 12.3 Å². The molecule has 0 aliphatic heterocycles. The van der Waals surface area contributed by atoms with Gasteiger partial charge in [0.1, 0.15) is 0 Å². The van der Waals surface area contributed by atoms with E-state index in [1.165, 1.54) is 89.4 Å². The fourth-order valence-electron chi connectivity index (χ4n) is 5.91. The molecule has 214 valence electrons. The molecule has 0 bridgehead atoms. The quantitative estimate of drug-likeness (QED) is 0.102. The predicted octanol–water partition coefficient (Wildman–Crippen LogP) is 9.34. The molecule has 0 aromatic heterocycles. The average molecular weight is 598 g/mol. The van der Waals surface area contributed by atoms with Gasteiger partial charge in [-0.15, -0.1) is 60.3 Å². The van der Waals surface area contributed by atoms with Crippen molar-refractivity contribution in [2.24, 2.45) is 11.8 Å². The van der Waals surface area contributed by atoms with E-state index in [1.54, 1.807) is 0 Å². The lowest BCUT2D eigenvalue weighted by molar-refractivity contribution is 0.545. The molecular formula is C30H54B2F2P4. The van der Waals surface area contributed by atoms with E-state index in [4.69, 9.17) is 12.8 Å². The highest BCUT2D eigenvalue weighted by molar-refractivity contribution is 7.38. The third kappa shape index (κ3) is 18.3. The maximum Gasteiger partial charge on any atom is 0.357 e. The maximum atomic E-state index is 11.6. The summed E-state index contributed by atoms with van der Waals surface area (Å²) in [7, 11) is 9.68. The van der Waals surface area contributed by atoms with Crippen molar-refractivity contribution in [2.75, 3.05) is 24.6 Å². The summed E-state index contributed by atoms with van der Waals surface area (Å²) in [5.41, 5.74) is 1.81. The van der Waals surface area contributed by atoms with Crippen LogP contribution in [-0.2, 0) is 0 Å². The Balaban J connectivity index is 0.000000261. The van der Waals surface area contributed by atoms with Gasteiger partial charge in [-0.05, 0) is 85.6 Å². The van der Waals surface area contributed by atoms with Gasteiger partial charge in [0.15, 0.2) is 0 Å². The van der Waals surface area contributed by atoms with Gasteiger partial charge >= 0.3 is 15.1 Å². The van der Waals surface area contributed by atoms with E-state index in [2.05, 4.69) is 30.3 Å². The first kappa shape index (κ1) is 36.9. The maximum absolute atomic E-state index is 11.6. The summed E-state index contributed by atoms with van der Waals surface area (Å²) in [5, 5.41) is 0. The van der Waals surface area contributed by atoms with Gasteiger partial charge in [-0.2, -0.15) is 0 Å². The molecule has 8 atom stereocenters. The van der Waals surface area contributed by atoms with Crippen LogP contribution >= 0.6 is 35.6 Å². The molecule has 4 aliphatic rings. The summed E-state index contributed by atoms with van der Waals surface area (Å²) >= 11 is 0. The van der Waals surface area contributed by atoms with Crippen molar-refractivity contribution in [2.45, 2.75) is 126 Å². The smallest absolute Gasteiger partial charge is 0.342 e. The Bertz CT molecular complexity index is 577. The second kappa shape index (κ2) is 25.5. The summed E-state index contributed by atoms with van der Waals surface area (Å²) < 4.78 is 23.1. The Morgan fingerprint density at radius 3 is 1.21 bits per heavy atom. The standard InChI is InChI=1S/2C10H18P2.2C5H9BF/c2*1-2-7-12-8-6-9-4-3-5-10(9)11;2*7-6-5-3-1-2-4-5/h2*1,9-10,12H,3-8,11H2;2*5H,1-4H2. The molecule has 0 spiro atoms. The lowest BCUT2D eigenvalue weighted by atomic mass is 9.82. The van der Waals surface area contributed by atoms with Crippen molar-refractivity contribution < 1.29 is 8.63 Å². The summed E-state index contributed by atoms with van der Waals surface area (Å²) in [6.07, 6.45) is 35.8. The van der Waals surface area contributed by atoms with E-state index >= 15 is 0 Å². The summed E-state index contributed by atoms with van der Waals surface area (Å²) in [5.74, 6) is 8.01. The third-order valence-corrected chi connectivity index (χ3v) is 12.4. The molecule has 4 saturated carbocycles. The van der Waals surface area contributed by atoms with Gasteiger partial charge in [-0.3, -0.25) is 0 Å². The molecule has 4 aliphatic carbocycles. The van der Waals surface area contributed by atoms with Gasteiger partial charge in [-0.1, -0.05) is 64.2 Å². The van der Waals surface area contributed by atoms with Crippen LogP contribution < -0.4 is 0 Å². The molecule has 4 rings (SSSR count). The molecule has 0 amide bonds. The molecule has 8 heteroatoms. The molecule has 0 N–H and O–H groups in total. The van der Waals surface area contributed by atoms with Crippen LogP contribution in [-0.4, -0.2) is 51.1 Å². The van der Waals surface area contributed by atoms with E-state index in [1.807, 2.05) is 0 Å². The van der Waals surface area contributed by atoms with Crippen molar-refractivity contribution in [3.63, 3.8) is 0 Å². The van der Waals surface area contributed by atoms with Gasteiger partial charge in [-0.25, -0.2) is 0 Å². The van der Waals surface area contributed by atoms with Crippen LogP contribution in [0.2, 0.25) is 11.6 Å². The first-order valence-electron chi connectivity index (χ1n) is 15.2. The third-order valence-electron chi connectivity index (χ3n) is 8.43. The van der Waals surface area contributed by atoms with Crippen LogP contribution in [0.4, 0.5) is 8.63 Å². The predicted molar refractivity (Wildman–Crippen MR) is 183 cm³/mol. The average Bonchev–Trinajstić information content (AvgIpc) is 3.76. The highest BCUT2D eigenvalue weighted by Gasteiger charge is 2.23. The number of rotatable bonds is 10. The fourth-order valence-corrected chi connectivity index (χ4v) is 8.94. The van der Waals surface area contributed by atoms with Crippen molar-refractivity contribution in [3.05, 3.63) is 0 Å². The molecule has 0 aromatic carbocycles. The Labute approximate surface area is 245 Å². The van der Waals surface area contributed by atoms with Crippen LogP contribution in [0.3, 0.4) is 0 Å². The Hall–Kier alpha value is 0.830. The minimum Gasteiger partial charge on any atom is -0.342 e. The minimum absolute atomic E-state index is 0.306. The normalized spacial score (nSPS) is 27.2. The molecule has 0 saturated heterocycles. The zero-order chi connectivity index (χ0) is 27.8. The van der Waals surface area contributed by atoms with Gasteiger partial charge in [0.05, 0.1) is 0 Å². The molecule has 8 unspecified atom stereocenters. The molecular weight excluding hydrogens is 544 g/mol. The van der Waals surface area contributed by atoms with E-state index < -0.39 is 0 Å². The zero-order valence-corrected chi connectivity index (χ0v) is 28.1. The molecule has 0 aromatic rings. The monoisotopic (exact) mass is 598 g/mol. The lowest BCUT2D eigenvalue weighted by Crippen LogP contribution is -2.06. The summed E-state index contributed by atoms with van der Waals surface area (Å²) in [6, 6.07) is 0. The number of hydrogen-bond acceptors (Lipinski definition) is 0. The van der Waals surface area contributed by atoms with Crippen LogP contribution in [0.25, 0.3) is 0 Å². The molecule has 0 nitrogen and oxygen atoms in total. The van der Waals surface area contributed by atoms with Crippen LogP contribution in [0.1, 0.15) is 103 Å². The summed E-state index contributed by atoms with van der Waals surface area (Å²) in [4.78, 5) is 0. The second-order valence-corrected chi connectivity index (χ2v) is 15.8. The zero-order valence-electron chi connectivity index (χ0n) is 23.8. The van der Waals surface area contributed by atoms with Gasteiger partial charge < -0.3 is 8.63 Å². The minimum atomic E-state index is 0.306. The largest absolute Gasteiger partial charge is 0.357 e. The SMILES string of the molecule is C#CCPCCC1CCCC1P.C#CCPCCC1CCCC1P.F[B]C1CCCC1.F[B]C1CCCC1. The first-order valence-corrected chi connectivity index (χ1v) is 19.4. The Kier molecular flexibility index (Phi) is 24.8. The fraction of sp³-hybridized carbons (Fsp3) is 0.867. The van der Waals surface area contributed by atoms with E-state index in [0.717, 1.165) is 93.4 Å². The molecule has 4 fully saturated rings. The van der Waals surface area contributed by atoms with Crippen LogP contribution in [0.5, 0.6) is 0 Å². The second-order valence-electron chi connectivity index (χ2n) is 11.4. The van der Waals surface area contributed by atoms with Gasteiger partial charge in [0.25, 0.3) is 0 Å². The molecule has 0 heterocycles. The van der Waals surface area contributed by atoms with E-state index in [0.29, 0.717) is 11.6 Å². The van der Waals surface area contributed by atoms with Gasteiger partial charge in [0.2, 0.25) is 0 Å².